The lowest BCUT2D eigenvalue weighted by Gasteiger charge is -2.11. The predicted molar refractivity (Wildman–Crippen MR) is 107 cm³/mol. The van der Waals surface area contributed by atoms with Crippen molar-refractivity contribution < 1.29 is 4.79 Å². The first kappa shape index (κ1) is 18.4. The first-order chi connectivity index (χ1) is 12.5. The van der Waals surface area contributed by atoms with E-state index in [1.807, 2.05) is 45.0 Å². The van der Waals surface area contributed by atoms with E-state index in [-0.39, 0.29) is 11.8 Å². The Morgan fingerprint density at radius 1 is 1.35 bits per heavy atom. The van der Waals surface area contributed by atoms with E-state index in [1.54, 1.807) is 4.52 Å². The molecular weight excluding hydrogens is 368 g/mol. The molecule has 3 aromatic rings. The molecule has 0 radical (unpaired) electrons. The van der Waals surface area contributed by atoms with Crippen molar-refractivity contribution in [3.63, 3.8) is 0 Å². The van der Waals surface area contributed by atoms with Crippen molar-refractivity contribution >= 4 is 45.2 Å². The van der Waals surface area contributed by atoms with E-state index in [1.165, 1.54) is 11.3 Å². The Balaban J connectivity index is 1.74. The molecule has 136 valence electrons. The highest BCUT2D eigenvalue weighted by Crippen LogP contribution is 2.27. The summed E-state index contributed by atoms with van der Waals surface area (Å²) in [4.78, 5) is 12.6. The van der Waals surface area contributed by atoms with Gasteiger partial charge in [0.25, 0.3) is 0 Å². The fourth-order valence-corrected chi connectivity index (χ4v) is 3.52. The predicted octanol–water partition coefficient (Wildman–Crippen LogP) is 3.27. The van der Waals surface area contributed by atoms with Crippen LogP contribution in [0.5, 0.6) is 0 Å². The van der Waals surface area contributed by atoms with Crippen LogP contribution in [-0.2, 0) is 11.2 Å². The first-order valence-corrected chi connectivity index (χ1v) is 9.61. The Bertz CT molecular complexity index is 946. The van der Waals surface area contributed by atoms with Gasteiger partial charge in [-0.2, -0.15) is 9.61 Å². The van der Waals surface area contributed by atoms with Crippen molar-refractivity contribution in [2.24, 2.45) is 5.92 Å². The van der Waals surface area contributed by atoms with Crippen LogP contribution in [0.2, 0.25) is 0 Å². The fraction of sp³-hybridized carbons (Fsp3) is 0.353. The quantitative estimate of drug-likeness (QED) is 0.653. The summed E-state index contributed by atoms with van der Waals surface area (Å²) >= 11 is 6.70. The second kappa shape index (κ2) is 7.88. The molecule has 0 fully saturated rings. The second-order valence-electron chi connectivity index (χ2n) is 6.25. The van der Waals surface area contributed by atoms with Gasteiger partial charge in [0.05, 0.1) is 0 Å². The number of benzene rings is 1. The Hall–Kier alpha value is -2.39. The molecule has 7 nitrogen and oxygen atoms in total. The van der Waals surface area contributed by atoms with E-state index >= 15 is 0 Å². The van der Waals surface area contributed by atoms with Crippen LogP contribution in [0.3, 0.4) is 0 Å². The number of thiocarbonyl (C=S) groups is 1. The van der Waals surface area contributed by atoms with Gasteiger partial charge in [-0.3, -0.25) is 4.79 Å². The number of nitrogens with zero attached hydrogens (tertiary/aromatic N) is 4. The maximum Gasteiger partial charge on any atom is 0.234 e. The third-order valence-electron chi connectivity index (χ3n) is 3.59. The molecule has 0 saturated heterocycles. The van der Waals surface area contributed by atoms with Gasteiger partial charge in [0, 0.05) is 24.1 Å². The van der Waals surface area contributed by atoms with Crippen LogP contribution in [-0.4, -0.2) is 30.8 Å². The number of hydrogen-bond acceptors (Lipinski definition) is 6. The average molecular weight is 389 g/mol. The topological polar surface area (TPSA) is 84.2 Å². The molecule has 0 aliphatic carbocycles. The van der Waals surface area contributed by atoms with Gasteiger partial charge >= 0.3 is 0 Å². The van der Waals surface area contributed by atoms with E-state index in [0.717, 1.165) is 33.5 Å². The summed E-state index contributed by atoms with van der Waals surface area (Å²) < 4.78 is 1.77. The monoisotopic (exact) mass is 388 g/mol. The molecule has 9 heteroatoms. The minimum atomic E-state index is -0.0885. The summed E-state index contributed by atoms with van der Waals surface area (Å²) in [6.07, 6.45) is 1.21. The maximum atomic E-state index is 11.8. The molecule has 0 bridgehead atoms. The molecule has 1 amide bonds. The number of carbonyl (C=O) groups is 1. The lowest BCUT2D eigenvalue weighted by atomic mass is 10.1. The van der Waals surface area contributed by atoms with E-state index in [4.69, 9.17) is 12.2 Å². The normalized spacial score (nSPS) is 11.1. The van der Waals surface area contributed by atoms with Gasteiger partial charge in [-0.1, -0.05) is 44.2 Å². The molecule has 0 atom stereocenters. The highest BCUT2D eigenvalue weighted by Gasteiger charge is 2.12. The van der Waals surface area contributed by atoms with Crippen LogP contribution in [0.4, 0.5) is 5.69 Å². The van der Waals surface area contributed by atoms with Crippen LogP contribution >= 0.6 is 23.6 Å². The summed E-state index contributed by atoms with van der Waals surface area (Å²) in [5.41, 5.74) is 1.74. The minimum absolute atomic E-state index is 0.0885. The summed E-state index contributed by atoms with van der Waals surface area (Å²) in [7, 11) is 0. The molecule has 2 N–H and O–H groups in total. The van der Waals surface area contributed by atoms with Crippen LogP contribution in [0.25, 0.3) is 15.5 Å². The number of aromatic nitrogens is 4. The number of carbonyl (C=O) groups excluding carboxylic acids is 1. The van der Waals surface area contributed by atoms with Gasteiger partial charge < -0.3 is 10.6 Å². The number of rotatable bonds is 5. The molecule has 0 spiro atoms. The SMILES string of the molecule is CCc1nnc2sc(-c3cccc(NC(=S)NC(=O)CC(C)C)c3)nn12. The number of aryl methyl sites for hydroxylation is 1. The van der Waals surface area contributed by atoms with Gasteiger partial charge in [0.1, 0.15) is 5.01 Å². The third-order valence-corrected chi connectivity index (χ3v) is 4.74. The average Bonchev–Trinajstić information content (AvgIpc) is 3.14. The van der Waals surface area contributed by atoms with E-state index in [0.29, 0.717) is 11.5 Å². The highest BCUT2D eigenvalue weighted by molar-refractivity contribution is 7.80. The van der Waals surface area contributed by atoms with Crippen molar-refractivity contribution in [3.8, 4) is 10.6 Å². The third kappa shape index (κ3) is 4.23. The molecule has 0 aliphatic rings. The van der Waals surface area contributed by atoms with Gasteiger partial charge in [0.15, 0.2) is 10.9 Å². The zero-order valence-electron chi connectivity index (χ0n) is 14.8. The Labute approximate surface area is 160 Å². The number of fused-ring (bicyclic) bond motifs is 1. The second-order valence-corrected chi connectivity index (χ2v) is 7.62. The molecule has 26 heavy (non-hydrogen) atoms. The zero-order valence-corrected chi connectivity index (χ0v) is 16.4. The Morgan fingerprint density at radius 3 is 2.88 bits per heavy atom. The van der Waals surface area contributed by atoms with E-state index in [2.05, 4.69) is 25.9 Å². The smallest absolute Gasteiger partial charge is 0.234 e. The number of hydrogen-bond donors (Lipinski definition) is 2. The molecule has 1 aromatic carbocycles. The molecule has 0 aliphatic heterocycles. The lowest BCUT2D eigenvalue weighted by molar-refractivity contribution is -0.120. The van der Waals surface area contributed by atoms with Crippen LogP contribution in [0.1, 0.15) is 33.0 Å². The summed E-state index contributed by atoms with van der Waals surface area (Å²) in [5, 5.41) is 19.7. The van der Waals surface area contributed by atoms with Crippen molar-refractivity contribution in [1.29, 1.82) is 0 Å². The maximum absolute atomic E-state index is 11.8. The number of amides is 1. The molecule has 2 heterocycles. The van der Waals surface area contributed by atoms with E-state index < -0.39 is 0 Å². The van der Waals surface area contributed by atoms with Crippen molar-refractivity contribution in [2.45, 2.75) is 33.6 Å². The molecular formula is C17H20N6OS2. The highest BCUT2D eigenvalue weighted by atomic mass is 32.1. The molecule has 2 aromatic heterocycles. The first-order valence-electron chi connectivity index (χ1n) is 8.38. The van der Waals surface area contributed by atoms with Gasteiger partial charge in [-0.15, -0.1) is 10.2 Å². The lowest BCUT2D eigenvalue weighted by Crippen LogP contribution is -2.34. The Kier molecular flexibility index (Phi) is 5.58. The minimum Gasteiger partial charge on any atom is -0.332 e. The fourth-order valence-electron chi connectivity index (χ4n) is 2.44. The largest absolute Gasteiger partial charge is 0.332 e. The number of nitrogens with one attached hydrogen (secondary N) is 2. The molecule has 0 unspecified atom stereocenters. The van der Waals surface area contributed by atoms with Gasteiger partial charge in [0.2, 0.25) is 10.9 Å². The number of anilines is 1. The summed E-state index contributed by atoms with van der Waals surface area (Å²) in [5.74, 6) is 1.03. The van der Waals surface area contributed by atoms with Crippen molar-refractivity contribution in [3.05, 3.63) is 30.1 Å². The van der Waals surface area contributed by atoms with Crippen LogP contribution < -0.4 is 10.6 Å². The molecule has 3 rings (SSSR count). The Morgan fingerprint density at radius 2 is 2.15 bits per heavy atom. The van der Waals surface area contributed by atoms with Gasteiger partial charge in [-0.25, -0.2) is 0 Å². The zero-order chi connectivity index (χ0) is 18.7. The summed E-state index contributed by atoms with van der Waals surface area (Å²) in [6, 6.07) is 7.72. The van der Waals surface area contributed by atoms with Crippen LogP contribution in [0.15, 0.2) is 24.3 Å². The van der Waals surface area contributed by atoms with Gasteiger partial charge in [-0.05, 0) is 30.3 Å². The van der Waals surface area contributed by atoms with Crippen molar-refractivity contribution in [2.75, 3.05) is 5.32 Å². The van der Waals surface area contributed by atoms with E-state index in [9.17, 15) is 4.79 Å². The molecule has 0 saturated carbocycles. The van der Waals surface area contributed by atoms with Crippen molar-refractivity contribution in [1.82, 2.24) is 25.1 Å². The van der Waals surface area contributed by atoms with Crippen LogP contribution in [0, 0.1) is 5.92 Å². The standard InChI is InChI=1S/C17H20N6OS2/c1-4-13-20-21-17-23(13)22-15(26-17)11-6-5-7-12(9-11)18-16(25)19-14(24)8-10(2)3/h5-7,9-10H,4,8H2,1-3H3,(H2,18,19,24,25). The summed E-state index contributed by atoms with van der Waals surface area (Å²) in [6.45, 7) is 6.00.